The lowest BCUT2D eigenvalue weighted by atomic mass is 10.0. The third-order valence-electron chi connectivity index (χ3n) is 8.92. The minimum Gasteiger partial charge on any atom is -0.387 e. The van der Waals surface area contributed by atoms with Crippen molar-refractivity contribution < 1.29 is 32.9 Å². The minimum absolute atomic E-state index is 0.0579. The van der Waals surface area contributed by atoms with Gasteiger partial charge in [-0.1, -0.05) is 160 Å². The van der Waals surface area contributed by atoms with Gasteiger partial charge in [0.1, 0.15) is 13.2 Å². The largest absolute Gasteiger partial charge is 0.472 e. The maximum atomic E-state index is 12.8. The Morgan fingerprint density at radius 1 is 0.673 bits per heavy atom. The van der Waals surface area contributed by atoms with Gasteiger partial charge >= 0.3 is 7.82 Å². The van der Waals surface area contributed by atoms with Crippen molar-refractivity contribution in [1.82, 2.24) is 5.32 Å². The molecule has 1 amide bonds. The highest BCUT2D eigenvalue weighted by Crippen LogP contribution is 2.43. The summed E-state index contributed by atoms with van der Waals surface area (Å²) in [5, 5.41) is 13.7. The van der Waals surface area contributed by atoms with Crippen LogP contribution < -0.4 is 5.32 Å². The standard InChI is InChI=1S/C40H79N2O6P/c1-6-8-10-12-14-16-18-20-22-24-26-28-30-32-34-40(44)41-38(37-48-49(45,46)47-36-35-42(3,4)5)39(43)33-31-29-27-25-23-21-19-17-15-13-11-9-7-2/h23,25,31,33,38-39,43H,6-22,24,26-30,32,34-37H2,1-5H3,(H-,41,44,45,46)/p+1/b25-23+,33-31+/t38-,39+/m0/s1. The van der Waals surface area contributed by atoms with E-state index in [4.69, 9.17) is 9.05 Å². The van der Waals surface area contributed by atoms with E-state index in [-0.39, 0.29) is 19.1 Å². The van der Waals surface area contributed by atoms with Gasteiger partial charge < -0.3 is 19.8 Å². The second-order valence-electron chi connectivity index (χ2n) is 15.0. The van der Waals surface area contributed by atoms with Gasteiger partial charge in [0, 0.05) is 6.42 Å². The quantitative estimate of drug-likeness (QED) is 0.0258. The molecule has 49 heavy (non-hydrogen) atoms. The Hall–Kier alpha value is -1.02. The summed E-state index contributed by atoms with van der Waals surface area (Å²) in [6, 6.07) is -0.856. The molecule has 0 heterocycles. The van der Waals surface area contributed by atoms with Crippen LogP contribution in [0.2, 0.25) is 0 Å². The number of allylic oxidation sites excluding steroid dienone is 3. The molecule has 0 aromatic heterocycles. The Bertz CT molecular complexity index is 860. The third-order valence-corrected chi connectivity index (χ3v) is 9.91. The van der Waals surface area contributed by atoms with Crippen molar-refractivity contribution >= 4 is 13.7 Å². The highest BCUT2D eigenvalue weighted by atomic mass is 31.2. The van der Waals surface area contributed by atoms with E-state index in [2.05, 4.69) is 31.3 Å². The number of carbonyl (C=O) groups excluding carboxylic acids is 1. The molecule has 1 unspecified atom stereocenters. The predicted octanol–water partition coefficient (Wildman–Crippen LogP) is 10.6. The average Bonchev–Trinajstić information content (AvgIpc) is 3.04. The minimum atomic E-state index is -4.33. The van der Waals surface area contributed by atoms with Gasteiger partial charge in [-0.25, -0.2) is 4.57 Å². The van der Waals surface area contributed by atoms with E-state index in [0.717, 1.165) is 38.5 Å². The molecular formula is C40H80N2O6P+. The van der Waals surface area contributed by atoms with Crippen LogP contribution >= 0.6 is 7.82 Å². The fraction of sp³-hybridized carbons (Fsp3) is 0.875. The van der Waals surface area contributed by atoms with Crippen molar-refractivity contribution in [2.45, 2.75) is 187 Å². The van der Waals surface area contributed by atoms with E-state index in [9.17, 15) is 19.4 Å². The first-order chi connectivity index (χ1) is 23.5. The lowest BCUT2D eigenvalue weighted by molar-refractivity contribution is -0.870. The maximum Gasteiger partial charge on any atom is 0.472 e. The number of likely N-dealkylation sites (N-methyl/N-ethyl adjacent to an activating group) is 1. The predicted molar refractivity (Wildman–Crippen MR) is 208 cm³/mol. The number of nitrogens with zero attached hydrogens (tertiary/aromatic N) is 1. The van der Waals surface area contributed by atoms with Crippen molar-refractivity contribution in [2.75, 3.05) is 40.9 Å². The van der Waals surface area contributed by atoms with Crippen LogP contribution in [-0.2, 0) is 18.4 Å². The number of carbonyl (C=O) groups is 1. The molecule has 0 fully saturated rings. The van der Waals surface area contributed by atoms with Gasteiger partial charge in [0.05, 0.1) is 39.9 Å². The summed E-state index contributed by atoms with van der Waals surface area (Å²) in [6.45, 7) is 4.77. The zero-order valence-electron chi connectivity index (χ0n) is 32.7. The molecule has 0 aliphatic rings. The molecule has 3 atom stereocenters. The fourth-order valence-corrected chi connectivity index (χ4v) is 6.38. The van der Waals surface area contributed by atoms with Crippen molar-refractivity contribution in [3.05, 3.63) is 24.3 Å². The zero-order chi connectivity index (χ0) is 36.5. The molecule has 290 valence electrons. The molecule has 0 rings (SSSR count). The molecule has 9 heteroatoms. The molecule has 0 radical (unpaired) electrons. The lowest BCUT2D eigenvalue weighted by Gasteiger charge is -2.25. The summed E-state index contributed by atoms with van der Waals surface area (Å²) in [7, 11) is 1.56. The topological polar surface area (TPSA) is 105 Å². The zero-order valence-corrected chi connectivity index (χ0v) is 33.6. The Morgan fingerprint density at radius 3 is 1.63 bits per heavy atom. The number of phosphoric ester groups is 1. The molecule has 3 N–H and O–H groups in total. The molecule has 0 saturated carbocycles. The van der Waals surface area contributed by atoms with Crippen molar-refractivity contribution in [2.24, 2.45) is 0 Å². The number of rotatable bonds is 36. The van der Waals surface area contributed by atoms with Gasteiger partial charge in [-0.2, -0.15) is 0 Å². The molecule has 8 nitrogen and oxygen atoms in total. The summed E-state index contributed by atoms with van der Waals surface area (Å²) in [4.78, 5) is 23.0. The van der Waals surface area contributed by atoms with Crippen LogP contribution in [0.1, 0.15) is 174 Å². The number of nitrogens with one attached hydrogen (secondary N) is 1. The maximum absolute atomic E-state index is 12.8. The first-order valence-corrected chi connectivity index (χ1v) is 21.7. The highest BCUT2D eigenvalue weighted by molar-refractivity contribution is 7.47. The number of phosphoric acid groups is 1. The third kappa shape index (κ3) is 35.2. The number of hydrogen-bond donors (Lipinski definition) is 3. The van der Waals surface area contributed by atoms with Crippen molar-refractivity contribution in [1.29, 1.82) is 0 Å². The molecule has 0 aliphatic heterocycles. The van der Waals surface area contributed by atoms with Crippen LogP contribution in [0.15, 0.2) is 24.3 Å². The Kier molecular flexibility index (Phi) is 32.2. The number of aliphatic hydroxyl groups excluding tert-OH is 1. The first kappa shape index (κ1) is 48.0. The summed E-state index contributed by atoms with van der Waals surface area (Å²) >= 11 is 0. The van der Waals surface area contributed by atoms with Gasteiger partial charge in [0.2, 0.25) is 5.91 Å². The lowest BCUT2D eigenvalue weighted by Crippen LogP contribution is -2.45. The van der Waals surface area contributed by atoms with Crippen LogP contribution in [0.5, 0.6) is 0 Å². The number of quaternary nitrogens is 1. The second-order valence-corrected chi connectivity index (χ2v) is 16.5. The number of amides is 1. The highest BCUT2D eigenvalue weighted by Gasteiger charge is 2.27. The van der Waals surface area contributed by atoms with Gasteiger partial charge in [-0.15, -0.1) is 0 Å². The molecule has 0 aliphatic carbocycles. The Balaban J connectivity index is 4.54. The fourth-order valence-electron chi connectivity index (χ4n) is 5.64. The average molecular weight is 716 g/mol. The first-order valence-electron chi connectivity index (χ1n) is 20.2. The van der Waals surface area contributed by atoms with Crippen molar-refractivity contribution in [3.8, 4) is 0 Å². The van der Waals surface area contributed by atoms with E-state index >= 15 is 0 Å². The summed E-state index contributed by atoms with van der Waals surface area (Å²) < 4.78 is 23.4. The number of unbranched alkanes of at least 4 members (excludes halogenated alkanes) is 21. The molecular weight excluding hydrogens is 635 g/mol. The van der Waals surface area contributed by atoms with Crippen LogP contribution in [0.4, 0.5) is 0 Å². The van der Waals surface area contributed by atoms with E-state index in [1.165, 1.54) is 116 Å². The molecule has 0 bridgehead atoms. The molecule has 0 spiro atoms. The van der Waals surface area contributed by atoms with Gasteiger partial charge in [-0.3, -0.25) is 13.8 Å². The van der Waals surface area contributed by atoms with Gasteiger partial charge in [0.15, 0.2) is 0 Å². The molecule has 0 aromatic carbocycles. The van der Waals surface area contributed by atoms with Crippen LogP contribution in [-0.4, -0.2) is 73.4 Å². The second kappa shape index (κ2) is 32.9. The normalized spacial score (nSPS) is 14.8. The molecule has 0 saturated heterocycles. The summed E-state index contributed by atoms with van der Waals surface area (Å²) in [5.41, 5.74) is 0. The van der Waals surface area contributed by atoms with Gasteiger partial charge in [0.25, 0.3) is 0 Å². The van der Waals surface area contributed by atoms with E-state index in [0.29, 0.717) is 17.4 Å². The Labute approximate surface area is 303 Å². The monoisotopic (exact) mass is 716 g/mol. The van der Waals surface area contributed by atoms with Crippen LogP contribution in [0, 0.1) is 0 Å². The SMILES string of the molecule is CCCCCCCCC/C=C/CC/C=C/[C@@H](O)[C@H](COP(=O)(O)OCC[N+](C)(C)C)NC(=O)CCCCCCCCCCCCCCCC. The van der Waals surface area contributed by atoms with Gasteiger partial charge in [-0.05, 0) is 32.1 Å². The Morgan fingerprint density at radius 2 is 1.12 bits per heavy atom. The summed E-state index contributed by atoms with van der Waals surface area (Å²) in [6.07, 6.45) is 36.7. The molecule has 0 aromatic rings. The van der Waals surface area contributed by atoms with E-state index in [1.54, 1.807) is 6.08 Å². The number of hydrogen-bond acceptors (Lipinski definition) is 5. The van der Waals surface area contributed by atoms with E-state index < -0.39 is 20.0 Å². The van der Waals surface area contributed by atoms with Crippen LogP contribution in [0.3, 0.4) is 0 Å². The van der Waals surface area contributed by atoms with Crippen LogP contribution in [0.25, 0.3) is 0 Å². The smallest absolute Gasteiger partial charge is 0.387 e. The summed E-state index contributed by atoms with van der Waals surface area (Å²) in [5.74, 6) is -0.188. The van der Waals surface area contributed by atoms with Crippen molar-refractivity contribution in [3.63, 3.8) is 0 Å². The number of aliphatic hydroxyl groups is 1. The van der Waals surface area contributed by atoms with E-state index in [1.807, 2.05) is 27.2 Å².